The molecule has 37 heavy (non-hydrogen) atoms. The van der Waals surface area contributed by atoms with Gasteiger partial charge in [-0.2, -0.15) is 0 Å². The third-order valence-electron chi connectivity index (χ3n) is 7.45. The van der Waals surface area contributed by atoms with Crippen molar-refractivity contribution < 1.29 is 23.8 Å². The summed E-state index contributed by atoms with van der Waals surface area (Å²) < 4.78 is 19.8. The zero-order valence-electron chi connectivity index (χ0n) is 21.6. The maximum Gasteiger partial charge on any atom is 0.259 e. The molecule has 6 rings (SSSR count). The Kier molecular flexibility index (Phi) is 5.62. The highest BCUT2D eigenvalue weighted by atomic mass is 16.6. The van der Waals surface area contributed by atoms with Crippen molar-refractivity contribution in [1.29, 1.82) is 0 Å². The second kappa shape index (κ2) is 8.87. The predicted molar refractivity (Wildman–Crippen MR) is 140 cm³/mol. The van der Waals surface area contributed by atoms with Gasteiger partial charge in [0, 0.05) is 42.4 Å². The molecule has 0 spiro atoms. The number of benzene rings is 2. The third kappa shape index (κ3) is 3.74. The minimum Gasteiger partial charge on any atom is -0.493 e. The van der Waals surface area contributed by atoms with Gasteiger partial charge in [-0.3, -0.25) is 14.5 Å². The summed E-state index contributed by atoms with van der Waals surface area (Å²) in [5, 5.41) is 4.62. The van der Waals surface area contributed by atoms with Gasteiger partial charge in [0.05, 0.1) is 24.7 Å². The topological polar surface area (TPSA) is 82.0 Å². The molecule has 2 amide bonds. The first-order chi connectivity index (χ1) is 17.9. The van der Waals surface area contributed by atoms with Crippen LogP contribution in [-0.2, 0) is 16.1 Å². The number of imide groups is 1. The van der Waals surface area contributed by atoms with E-state index < -0.39 is 5.92 Å². The molecule has 8 heteroatoms. The van der Waals surface area contributed by atoms with Crippen LogP contribution in [0.5, 0.6) is 17.2 Å². The summed E-state index contributed by atoms with van der Waals surface area (Å²) in [4.78, 5) is 27.5. The van der Waals surface area contributed by atoms with Crippen molar-refractivity contribution in [1.82, 2.24) is 9.47 Å². The molecule has 3 aliphatic heterocycles. The van der Waals surface area contributed by atoms with Crippen LogP contribution in [0.2, 0.25) is 0 Å². The van der Waals surface area contributed by atoms with Gasteiger partial charge < -0.3 is 24.1 Å². The number of aryl methyl sites for hydroxylation is 1. The second-order valence-corrected chi connectivity index (χ2v) is 10.3. The molecule has 3 aromatic rings. The predicted octanol–water partition coefficient (Wildman–Crippen LogP) is 4.67. The highest BCUT2D eigenvalue weighted by Crippen LogP contribution is 2.50. The van der Waals surface area contributed by atoms with E-state index in [9.17, 15) is 9.59 Å². The maximum atomic E-state index is 13.8. The smallest absolute Gasteiger partial charge is 0.259 e. The molecule has 0 aliphatic carbocycles. The van der Waals surface area contributed by atoms with Crippen molar-refractivity contribution in [3.8, 4) is 17.2 Å². The number of fused-ring (bicyclic) bond motifs is 1. The molecule has 4 heterocycles. The van der Waals surface area contributed by atoms with Gasteiger partial charge in [-0.15, -0.1) is 0 Å². The Hall–Kier alpha value is -3.94. The van der Waals surface area contributed by atoms with E-state index in [1.807, 2.05) is 24.3 Å². The number of anilines is 1. The van der Waals surface area contributed by atoms with E-state index in [0.29, 0.717) is 42.0 Å². The minimum atomic E-state index is -0.421. The zero-order valence-corrected chi connectivity index (χ0v) is 21.6. The molecule has 0 saturated carbocycles. The third-order valence-corrected chi connectivity index (χ3v) is 7.45. The molecule has 8 nitrogen and oxygen atoms in total. The molecule has 1 atom stereocenters. The quantitative estimate of drug-likeness (QED) is 0.547. The standard InChI is InChI=1S/C29H31N3O5/c1-16(2)8-9-31-14-19-25(18-12-23(35-4)28-24(13-18)36-10-11-37-28)27-21(15-32(17(3)33)29(27)34)30-20-6-5-7-22(31)26(19)20/h5-7,12-14,16,25,30H,8-11,15H2,1-4H3/t25-/m1/s1. The van der Waals surface area contributed by atoms with Crippen molar-refractivity contribution in [2.24, 2.45) is 5.92 Å². The lowest BCUT2D eigenvalue weighted by Crippen LogP contribution is -2.33. The normalized spacial score (nSPS) is 18.2. The van der Waals surface area contributed by atoms with Crippen molar-refractivity contribution in [2.45, 2.75) is 39.7 Å². The number of nitrogens with one attached hydrogen (secondary N) is 1. The minimum absolute atomic E-state index is 0.218. The van der Waals surface area contributed by atoms with Crippen LogP contribution in [0.1, 0.15) is 44.2 Å². The average Bonchev–Trinajstić information content (AvgIpc) is 3.36. The van der Waals surface area contributed by atoms with Crippen LogP contribution in [0.3, 0.4) is 0 Å². The Labute approximate surface area is 215 Å². The lowest BCUT2D eigenvalue weighted by atomic mass is 9.84. The van der Waals surface area contributed by atoms with E-state index in [1.165, 1.54) is 11.8 Å². The van der Waals surface area contributed by atoms with E-state index in [2.05, 4.69) is 36.0 Å². The number of amides is 2. The molecule has 0 radical (unpaired) electrons. The van der Waals surface area contributed by atoms with Gasteiger partial charge in [-0.1, -0.05) is 19.9 Å². The van der Waals surface area contributed by atoms with Crippen LogP contribution in [0.4, 0.5) is 5.69 Å². The van der Waals surface area contributed by atoms with Crippen molar-refractivity contribution in [3.63, 3.8) is 0 Å². The van der Waals surface area contributed by atoms with Crippen LogP contribution in [0.25, 0.3) is 10.9 Å². The molecule has 1 aromatic heterocycles. The van der Waals surface area contributed by atoms with Crippen molar-refractivity contribution in [2.75, 3.05) is 32.2 Å². The lowest BCUT2D eigenvalue weighted by Gasteiger charge is -2.25. The number of ether oxygens (including phenoxy) is 3. The summed E-state index contributed by atoms with van der Waals surface area (Å²) >= 11 is 0. The molecular formula is C29H31N3O5. The summed E-state index contributed by atoms with van der Waals surface area (Å²) in [6.07, 6.45) is 3.21. The van der Waals surface area contributed by atoms with E-state index in [1.54, 1.807) is 7.11 Å². The summed E-state index contributed by atoms with van der Waals surface area (Å²) in [7, 11) is 1.60. The second-order valence-electron chi connectivity index (χ2n) is 10.3. The molecule has 2 aromatic carbocycles. The maximum absolute atomic E-state index is 13.8. The Balaban J connectivity index is 1.60. The largest absolute Gasteiger partial charge is 0.493 e. The van der Waals surface area contributed by atoms with Gasteiger partial charge in [0.25, 0.3) is 5.91 Å². The van der Waals surface area contributed by atoms with E-state index in [4.69, 9.17) is 14.2 Å². The summed E-state index contributed by atoms with van der Waals surface area (Å²) in [6, 6.07) is 10.1. The summed E-state index contributed by atoms with van der Waals surface area (Å²) in [5.41, 5.74) is 5.25. The SMILES string of the molecule is COc1cc([C@H]2C3=C(CN(C(C)=O)C3=O)Nc3cccc4c3c2cn4CCC(C)C)cc2c1OCCO2. The number of nitrogens with zero attached hydrogens (tertiary/aromatic N) is 2. The van der Waals surface area contributed by atoms with Gasteiger partial charge in [-0.25, -0.2) is 0 Å². The highest BCUT2D eigenvalue weighted by Gasteiger charge is 2.42. The first kappa shape index (κ1) is 23.5. The molecule has 192 valence electrons. The van der Waals surface area contributed by atoms with Crippen LogP contribution >= 0.6 is 0 Å². The van der Waals surface area contributed by atoms with Crippen molar-refractivity contribution >= 4 is 28.4 Å². The first-order valence-corrected chi connectivity index (χ1v) is 12.8. The molecule has 1 N–H and O–H groups in total. The number of rotatable bonds is 5. The van der Waals surface area contributed by atoms with Gasteiger partial charge >= 0.3 is 0 Å². The molecule has 3 aliphatic rings. The Morgan fingerprint density at radius 2 is 2.03 bits per heavy atom. The van der Waals surface area contributed by atoms with Gasteiger partial charge in [0.15, 0.2) is 11.5 Å². The Morgan fingerprint density at radius 1 is 1.22 bits per heavy atom. The monoisotopic (exact) mass is 501 g/mol. The van der Waals surface area contributed by atoms with Crippen molar-refractivity contribution in [3.05, 3.63) is 58.9 Å². The fourth-order valence-electron chi connectivity index (χ4n) is 5.66. The van der Waals surface area contributed by atoms with Crippen LogP contribution < -0.4 is 19.5 Å². The van der Waals surface area contributed by atoms with Crippen LogP contribution in [-0.4, -0.2) is 48.1 Å². The Morgan fingerprint density at radius 3 is 2.78 bits per heavy atom. The zero-order chi connectivity index (χ0) is 25.8. The average molecular weight is 502 g/mol. The number of hydrogen-bond donors (Lipinski definition) is 1. The molecular weight excluding hydrogens is 470 g/mol. The van der Waals surface area contributed by atoms with Gasteiger partial charge in [0.1, 0.15) is 13.2 Å². The van der Waals surface area contributed by atoms with Gasteiger partial charge in [-0.05, 0) is 47.7 Å². The fourth-order valence-corrected chi connectivity index (χ4v) is 5.66. The number of methoxy groups -OCH3 is 1. The molecule has 0 fully saturated rings. The number of aromatic nitrogens is 1. The number of carbonyl (C=O) groups is 2. The van der Waals surface area contributed by atoms with E-state index in [-0.39, 0.29) is 18.4 Å². The molecule has 0 bridgehead atoms. The highest BCUT2D eigenvalue weighted by molar-refractivity contribution is 6.11. The molecule has 0 unspecified atom stereocenters. The van der Waals surface area contributed by atoms with E-state index in [0.717, 1.165) is 46.4 Å². The first-order valence-electron chi connectivity index (χ1n) is 12.8. The summed E-state index contributed by atoms with van der Waals surface area (Å²) in [6.45, 7) is 7.85. The molecule has 0 saturated heterocycles. The number of carbonyl (C=O) groups excluding carboxylic acids is 2. The van der Waals surface area contributed by atoms with Crippen LogP contribution in [0.15, 0.2) is 47.8 Å². The van der Waals surface area contributed by atoms with Crippen LogP contribution in [0, 0.1) is 5.92 Å². The van der Waals surface area contributed by atoms with Gasteiger partial charge in [0.2, 0.25) is 11.7 Å². The summed E-state index contributed by atoms with van der Waals surface area (Å²) in [5.74, 6) is 1.32. The Bertz CT molecular complexity index is 1450. The fraction of sp³-hybridized carbons (Fsp3) is 0.379. The van der Waals surface area contributed by atoms with E-state index >= 15 is 0 Å². The lowest BCUT2D eigenvalue weighted by molar-refractivity contribution is -0.139. The number of hydrogen-bond acceptors (Lipinski definition) is 6.